The van der Waals surface area contributed by atoms with Crippen LogP contribution < -0.4 is 16.3 Å². The van der Waals surface area contributed by atoms with Gasteiger partial charge in [0, 0.05) is 6.42 Å². The highest BCUT2D eigenvalue weighted by Gasteiger charge is 2.39. The number of carbonyl (C=O) groups excluding carboxylic acids is 1. The van der Waals surface area contributed by atoms with Crippen molar-refractivity contribution in [2.45, 2.75) is 51.7 Å². The van der Waals surface area contributed by atoms with E-state index in [1.807, 2.05) is 0 Å². The molecular formula is C21H29FN3O9P. The molecule has 0 aromatic carbocycles. The van der Waals surface area contributed by atoms with Crippen LogP contribution in [0.15, 0.2) is 52.4 Å². The molecule has 0 bridgehead atoms. The molecule has 1 aliphatic rings. The third-order valence-electron chi connectivity index (χ3n) is 4.75. The molecule has 0 saturated carbocycles. The summed E-state index contributed by atoms with van der Waals surface area (Å²) in [4.78, 5) is 37.1. The average Bonchev–Trinajstić information content (AvgIpc) is 3.18. The summed E-state index contributed by atoms with van der Waals surface area (Å²) >= 11 is 0. The van der Waals surface area contributed by atoms with Crippen molar-refractivity contribution in [3.8, 4) is 0 Å². The van der Waals surface area contributed by atoms with Gasteiger partial charge in [-0.15, -0.1) is 0 Å². The second-order valence-electron chi connectivity index (χ2n) is 7.35. The fraction of sp³-hybridized carbons (Fsp3) is 0.476. The number of hydrogen-bond acceptors (Lipinski definition) is 9. The first-order valence-electron chi connectivity index (χ1n) is 10.7. The fourth-order valence-corrected chi connectivity index (χ4v) is 4.56. The number of nitrogens with zero attached hydrogens (tertiary/aromatic N) is 1. The number of carbonyl (C=O) groups is 1. The van der Waals surface area contributed by atoms with E-state index in [2.05, 4.69) is 11.7 Å². The number of hydrogen-bond donors (Lipinski definition) is 3. The van der Waals surface area contributed by atoms with Crippen LogP contribution in [-0.4, -0.2) is 52.1 Å². The Morgan fingerprint density at radius 3 is 2.86 bits per heavy atom. The van der Waals surface area contributed by atoms with E-state index in [0.717, 1.165) is 4.57 Å². The van der Waals surface area contributed by atoms with Crippen LogP contribution >= 0.6 is 7.75 Å². The molecule has 14 heteroatoms. The fourth-order valence-electron chi connectivity index (χ4n) is 3.01. The molecular weight excluding hydrogens is 488 g/mol. The molecule has 1 aromatic rings. The molecule has 1 saturated heterocycles. The van der Waals surface area contributed by atoms with Crippen molar-refractivity contribution < 1.29 is 37.4 Å². The quantitative estimate of drug-likeness (QED) is 0.161. The van der Waals surface area contributed by atoms with E-state index in [-0.39, 0.29) is 18.8 Å². The van der Waals surface area contributed by atoms with Gasteiger partial charge in [-0.2, -0.15) is 9.48 Å². The van der Waals surface area contributed by atoms with Crippen LogP contribution in [0.2, 0.25) is 0 Å². The lowest BCUT2D eigenvalue weighted by atomic mass is 10.2. The minimum atomic E-state index is -4.23. The number of ether oxygens (including phenoxy) is 2. The lowest BCUT2D eigenvalue weighted by Gasteiger charge is -2.25. The normalized spacial score (nSPS) is 23.1. The maximum absolute atomic E-state index is 13.6. The molecule has 0 amide bonds. The molecule has 194 valence electrons. The number of halogens is 1. The summed E-state index contributed by atoms with van der Waals surface area (Å²) in [5, 5.41) is 12.8. The minimum Gasteiger partial charge on any atom is -0.465 e. The molecule has 1 fully saturated rings. The van der Waals surface area contributed by atoms with Crippen LogP contribution in [0.1, 0.15) is 33.4 Å². The van der Waals surface area contributed by atoms with Gasteiger partial charge in [-0.3, -0.25) is 23.7 Å². The van der Waals surface area contributed by atoms with E-state index in [0.29, 0.717) is 6.20 Å². The van der Waals surface area contributed by atoms with Crippen molar-refractivity contribution in [2.24, 2.45) is 0 Å². The number of aromatic amines is 1. The van der Waals surface area contributed by atoms with Gasteiger partial charge in [0.2, 0.25) is 5.82 Å². The smallest absolute Gasteiger partial charge is 0.459 e. The van der Waals surface area contributed by atoms with E-state index in [4.69, 9.17) is 18.5 Å². The van der Waals surface area contributed by atoms with Gasteiger partial charge in [0.1, 0.15) is 24.1 Å². The van der Waals surface area contributed by atoms with Gasteiger partial charge in [-0.05, 0) is 32.9 Å². The van der Waals surface area contributed by atoms with Gasteiger partial charge in [-0.1, -0.05) is 18.7 Å². The zero-order chi connectivity index (χ0) is 26.2. The number of allylic oxidation sites excluding steroid dienone is 4. The molecule has 1 aromatic heterocycles. The SMILES string of the molecule is C=C/C=C\C(=C/C)OP(=O)(N[C@@H](C)C(=O)OCC)OC[C@H]1O[C@@H](n2cc(F)c(=O)[nH]c2=O)CC1O. The third kappa shape index (κ3) is 7.84. The summed E-state index contributed by atoms with van der Waals surface area (Å²) < 4.78 is 49.3. The second-order valence-corrected chi connectivity index (χ2v) is 9.04. The van der Waals surface area contributed by atoms with Crippen molar-refractivity contribution in [3.63, 3.8) is 0 Å². The van der Waals surface area contributed by atoms with E-state index in [1.54, 1.807) is 18.8 Å². The number of aliphatic hydroxyl groups is 1. The Bertz CT molecular complexity index is 1130. The summed E-state index contributed by atoms with van der Waals surface area (Å²) in [6, 6.07) is -1.08. The highest BCUT2D eigenvalue weighted by molar-refractivity contribution is 7.51. The predicted molar refractivity (Wildman–Crippen MR) is 123 cm³/mol. The first-order chi connectivity index (χ1) is 16.5. The minimum absolute atomic E-state index is 0.104. The molecule has 2 rings (SSSR count). The van der Waals surface area contributed by atoms with Gasteiger partial charge in [0.15, 0.2) is 0 Å². The lowest BCUT2D eigenvalue weighted by Crippen LogP contribution is -2.36. The van der Waals surface area contributed by atoms with E-state index in [1.165, 1.54) is 31.2 Å². The number of nitrogens with one attached hydrogen (secondary N) is 2. The summed E-state index contributed by atoms with van der Waals surface area (Å²) in [5.74, 6) is -1.76. The van der Waals surface area contributed by atoms with E-state index < -0.39 is 61.9 Å². The zero-order valence-electron chi connectivity index (χ0n) is 19.5. The Morgan fingerprint density at radius 2 is 2.23 bits per heavy atom. The van der Waals surface area contributed by atoms with Gasteiger partial charge in [0.25, 0.3) is 5.56 Å². The Morgan fingerprint density at radius 1 is 1.51 bits per heavy atom. The summed E-state index contributed by atoms with van der Waals surface area (Å²) in [6.45, 7) is 7.80. The number of H-pyrrole nitrogens is 1. The van der Waals surface area contributed by atoms with Crippen molar-refractivity contribution in [1.82, 2.24) is 14.6 Å². The van der Waals surface area contributed by atoms with Crippen LogP contribution in [0.4, 0.5) is 4.39 Å². The van der Waals surface area contributed by atoms with Crippen LogP contribution in [0, 0.1) is 5.82 Å². The molecule has 5 atom stereocenters. The van der Waals surface area contributed by atoms with Gasteiger partial charge in [0.05, 0.1) is 25.5 Å². The predicted octanol–water partition coefficient (Wildman–Crippen LogP) is 1.65. The molecule has 35 heavy (non-hydrogen) atoms. The number of rotatable bonds is 12. The number of aliphatic hydroxyl groups excluding tert-OH is 1. The maximum atomic E-state index is 13.6. The summed E-state index contributed by atoms with van der Waals surface area (Å²) in [5.41, 5.74) is -2.12. The molecule has 0 aliphatic carbocycles. The van der Waals surface area contributed by atoms with Gasteiger partial charge >= 0.3 is 19.4 Å². The van der Waals surface area contributed by atoms with Crippen LogP contribution in [-0.2, 0) is 27.9 Å². The average molecular weight is 517 g/mol. The van der Waals surface area contributed by atoms with Crippen molar-refractivity contribution in [3.05, 3.63) is 69.5 Å². The molecule has 2 heterocycles. The third-order valence-corrected chi connectivity index (χ3v) is 6.39. The van der Waals surface area contributed by atoms with Gasteiger partial charge < -0.3 is 19.1 Å². The van der Waals surface area contributed by atoms with Gasteiger partial charge in [-0.25, -0.2) is 9.36 Å². The topological polar surface area (TPSA) is 158 Å². The highest BCUT2D eigenvalue weighted by atomic mass is 31.2. The van der Waals surface area contributed by atoms with Crippen LogP contribution in [0.3, 0.4) is 0 Å². The Balaban J connectivity index is 2.19. The molecule has 0 spiro atoms. The highest BCUT2D eigenvalue weighted by Crippen LogP contribution is 2.47. The standard InChI is InChI=1S/C21H29FN3O9P/c1-5-8-9-14(6-2)34-35(30,24-13(4)20(28)31-7-3)32-12-17-16(26)10-18(33-17)25-11-15(22)19(27)23-21(25)29/h5-6,8-9,11,13,16-18,26H,1,7,10,12H2,2-4H3,(H,24,30)(H,23,27,29)/b9-8-,14-6+/t13-,16?,17+,18+,35?/m0/s1. The lowest BCUT2D eigenvalue weighted by molar-refractivity contribution is -0.144. The first-order valence-corrected chi connectivity index (χ1v) is 12.3. The Kier molecular flexibility index (Phi) is 10.3. The Labute approximate surface area is 200 Å². The van der Waals surface area contributed by atoms with Crippen molar-refractivity contribution >= 4 is 13.7 Å². The molecule has 12 nitrogen and oxygen atoms in total. The van der Waals surface area contributed by atoms with Crippen LogP contribution in [0.5, 0.6) is 0 Å². The molecule has 3 N–H and O–H groups in total. The molecule has 2 unspecified atom stereocenters. The number of aromatic nitrogens is 2. The maximum Gasteiger partial charge on any atom is 0.459 e. The van der Waals surface area contributed by atoms with Crippen molar-refractivity contribution in [2.75, 3.05) is 13.2 Å². The monoisotopic (exact) mass is 517 g/mol. The number of esters is 1. The van der Waals surface area contributed by atoms with Crippen LogP contribution in [0.25, 0.3) is 0 Å². The largest absolute Gasteiger partial charge is 0.465 e. The summed E-state index contributed by atoms with van der Waals surface area (Å²) in [7, 11) is -4.23. The summed E-state index contributed by atoms with van der Waals surface area (Å²) in [6.07, 6.45) is 3.08. The van der Waals surface area contributed by atoms with Crippen molar-refractivity contribution in [1.29, 1.82) is 0 Å². The first kappa shape index (κ1) is 28.4. The second kappa shape index (κ2) is 12.8. The van der Waals surface area contributed by atoms with E-state index in [9.17, 15) is 28.4 Å². The Hall–Kier alpha value is -2.83. The molecule has 0 radical (unpaired) electrons. The van der Waals surface area contributed by atoms with E-state index >= 15 is 0 Å². The molecule has 1 aliphatic heterocycles. The zero-order valence-corrected chi connectivity index (χ0v) is 20.4.